The summed E-state index contributed by atoms with van der Waals surface area (Å²) in [6.07, 6.45) is 0.811. The Morgan fingerprint density at radius 3 is 2.11 bits per heavy atom. The third kappa shape index (κ3) is 4.80. The average molecular weight is 539 g/mol. The smallest absolute Gasteiger partial charge is 0.283 e. The molecule has 5 nitrogen and oxygen atoms in total. The van der Waals surface area contributed by atoms with Crippen LogP contribution < -0.4 is 9.64 Å². The number of benzene rings is 4. The van der Waals surface area contributed by atoms with Crippen LogP contribution in [0.15, 0.2) is 119 Å². The summed E-state index contributed by atoms with van der Waals surface area (Å²) in [5.41, 5.74) is 3.39. The molecule has 0 saturated heterocycles. The number of anilines is 1. The molecule has 0 aromatic heterocycles. The Morgan fingerprint density at radius 2 is 1.37 bits per heavy atom. The third-order valence-electron chi connectivity index (χ3n) is 6.57. The third-order valence-corrected chi connectivity index (χ3v) is 7.90. The van der Waals surface area contributed by atoms with E-state index < -0.39 is 0 Å². The van der Waals surface area contributed by atoms with Gasteiger partial charge in [0.1, 0.15) is 22.1 Å². The predicted molar refractivity (Wildman–Crippen MR) is 150 cm³/mol. The lowest BCUT2D eigenvalue weighted by atomic mass is 9.99. The molecule has 0 fully saturated rings. The Morgan fingerprint density at radius 1 is 0.711 bits per heavy atom. The topological polar surface area (TPSA) is 49.9 Å². The van der Waals surface area contributed by atoms with E-state index in [1.807, 2.05) is 59.5 Å². The minimum Gasteiger partial charge on any atom is -0.457 e. The molecule has 0 bridgehead atoms. The van der Waals surface area contributed by atoms with Crippen LogP contribution in [0, 0.1) is 0 Å². The molecule has 6 rings (SSSR count). The summed E-state index contributed by atoms with van der Waals surface area (Å²) in [6, 6.07) is 32.0. The first kappa shape index (κ1) is 24.3. The number of rotatable bonds is 6. The van der Waals surface area contributed by atoms with E-state index in [0.29, 0.717) is 45.9 Å². The molecule has 2 aliphatic rings. The van der Waals surface area contributed by atoms with Crippen LogP contribution in [0.2, 0.25) is 5.02 Å². The van der Waals surface area contributed by atoms with Gasteiger partial charge in [-0.25, -0.2) is 4.90 Å². The first-order valence-electron chi connectivity index (χ1n) is 12.3. The van der Waals surface area contributed by atoms with Crippen molar-refractivity contribution >= 4 is 40.9 Å². The Balaban J connectivity index is 1.32. The van der Waals surface area contributed by atoms with Crippen molar-refractivity contribution in [3.8, 4) is 11.5 Å². The van der Waals surface area contributed by atoms with Crippen molar-refractivity contribution in [1.82, 2.24) is 4.90 Å². The van der Waals surface area contributed by atoms with Crippen molar-refractivity contribution in [3.05, 3.63) is 130 Å². The summed E-state index contributed by atoms with van der Waals surface area (Å²) in [5, 5.41) is 0.615. The number of halogens is 1. The number of para-hydroxylation sites is 1. The molecule has 0 aliphatic carbocycles. The fourth-order valence-electron chi connectivity index (χ4n) is 4.70. The number of carbonyl (C=O) groups excluding carboxylic acids is 2. The molecular formula is C31H23ClN2O3S. The number of thioether (sulfide) groups is 1. The zero-order valence-corrected chi connectivity index (χ0v) is 21.9. The van der Waals surface area contributed by atoms with Crippen LogP contribution in [0.1, 0.15) is 11.1 Å². The molecule has 188 valence electrons. The van der Waals surface area contributed by atoms with Crippen molar-refractivity contribution < 1.29 is 14.3 Å². The van der Waals surface area contributed by atoms with Gasteiger partial charge in [-0.1, -0.05) is 65.8 Å². The molecule has 0 saturated carbocycles. The molecule has 38 heavy (non-hydrogen) atoms. The van der Waals surface area contributed by atoms with Crippen molar-refractivity contribution in [1.29, 1.82) is 0 Å². The monoisotopic (exact) mass is 538 g/mol. The summed E-state index contributed by atoms with van der Waals surface area (Å²) in [4.78, 5) is 32.3. The number of hydrogen-bond acceptors (Lipinski definition) is 5. The number of hydrogen-bond donors (Lipinski definition) is 0. The zero-order chi connectivity index (χ0) is 26.1. The van der Waals surface area contributed by atoms with Gasteiger partial charge >= 0.3 is 0 Å². The number of carbonyl (C=O) groups is 2. The SMILES string of the molecule is O=C1C(Sc2ccc(Cl)cc2)=C(N2CCc3ccccc3C2)C(=O)N1c1ccc(Oc2ccccc2)cc1. The van der Waals surface area contributed by atoms with E-state index in [1.165, 1.54) is 27.8 Å². The minimum absolute atomic E-state index is 0.317. The first-order chi connectivity index (χ1) is 18.6. The van der Waals surface area contributed by atoms with Crippen LogP contribution in [0.4, 0.5) is 5.69 Å². The molecule has 0 unspecified atom stereocenters. The molecule has 4 aromatic carbocycles. The normalized spacial score (nSPS) is 15.2. The second-order valence-electron chi connectivity index (χ2n) is 9.03. The van der Waals surface area contributed by atoms with Gasteiger partial charge in [-0.3, -0.25) is 9.59 Å². The van der Waals surface area contributed by atoms with E-state index in [4.69, 9.17) is 16.3 Å². The lowest BCUT2D eigenvalue weighted by Gasteiger charge is -2.31. The molecule has 2 amide bonds. The first-order valence-corrected chi connectivity index (χ1v) is 13.5. The van der Waals surface area contributed by atoms with Gasteiger partial charge in [0.25, 0.3) is 11.8 Å². The number of amides is 2. The van der Waals surface area contributed by atoms with E-state index in [0.717, 1.165) is 11.3 Å². The highest BCUT2D eigenvalue weighted by atomic mass is 35.5. The maximum atomic E-state index is 13.9. The van der Waals surface area contributed by atoms with Crippen LogP contribution in [0.3, 0.4) is 0 Å². The second-order valence-corrected chi connectivity index (χ2v) is 10.5. The summed E-state index contributed by atoms with van der Waals surface area (Å²) in [5.74, 6) is 0.684. The molecule has 4 aromatic rings. The van der Waals surface area contributed by atoms with Gasteiger partial charge in [0.2, 0.25) is 0 Å². The highest BCUT2D eigenvalue weighted by Crippen LogP contribution is 2.40. The lowest BCUT2D eigenvalue weighted by molar-refractivity contribution is -0.121. The van der Waals surface area contributed by atoms with Gasteiger partial charge in [-0.05, 0) is 78.2 Å². The lowest BCUT2D eigenvalue weighted by Crippen LogP contribution is -2.37. The fraction of sp³-hybridized carbons (Fsp3) is 0.0968. The predicted octanol–water partition coefficient (Wildman–Crippen LogP) is 7.07. The van der Waals surface area contributed by atoms with E-state index >= 15 is 0 Å². The van der Waals surface area contributed by atoms with Crippen LogP contribution in [-0.2, 0) is 22.6 Å². The van der Waals surface area contributed by atoms with Crippen LogP contribution in [0.25, 0.3) is 0 Å². The van der Waals surface area contributed by atoms with Gasteiger partial charge in [-0.2, -0.15) is 0 Å². The largest absolute Gasteiger partial charge is 0.457 e. The average Bonchev–Trinajstić information content (AvgIpc) is 3.19. The van der Waals surface area contributed by atoms with Crippen molar-refractivity contribution in [2.75, 3.05) is 11.4 Å². The fourth-order valence-corrected chi connectivity index (χ4v) is 5.82. The van der Waals surface area contributed by atoms with Gasteiger partial charge in [0.15, 0.2) is 0 Å². The van der Waals surface area contributed by atoms with E-state index in [2.05, 4.69) is 12.1 Å². The highest BCUT2D eigenvalue weighted by Gasteiger charge is 2.43. The minimum atomic E-state index is -0.333. The van der Waals surface area contributed by atoms with Crippen LogP contribution in [-0.4, -0.2) is 23.3 Å². The summed E-state index contributed by atoms with van der Waals surface area (Å²) in [7, 11) is 0. The van der Waals surface area contributed by atoms with Crippen LogP contribution in [0.5, 0.6) is 11.5 Å². The molecule has 2 heterocycles. The zero-order valence-electron chi connectivity index (χ0n) is 20.3. The number of ether oxygens (including phenoxy) is 1. The van der Waals surface area contributed by atoms with Crippen molar-refractivity contribution in [2.24, 2.45) is 0 Å². The maximum Gasteiger partial charge on any atom is 0.283 e. The number of imide groups is 1. The van der Waals surface area contributed by atoms with Crippen molar-refractivity contribution in [3.63, 3.8) is 0 Å². The van der Waals surface area contributed by atoms with Crippen molar-refractivity contribution in [2.45, 2.75) is 17.9 Å². The van der Waals surface area contributed by atoms with Gasteiger partial charge in [0.05, 0.1) is 5.69 Å². The molecule has 0 radical (unpaired) electrons. The number of nitrogens with zero attached hydrogens (tertiary/aromatic N) is 2. The summed E-state index contributed by atoms with van der Waals surface area (Å²) >= 11 is 7.38. The Kier molecular flexibility index (Phi) is 6.66. The highest BCUT2D eigenvalue weighted by molar-refractivity contribution is 8.04. The molecule has 2 aliphatic heterocycles. The van der Waals surface area contributed by atoms with Gasteiger partial charge in [0, 0.05) is 23.0 Å². The summed E-state index contributed by atoms with van der Waals surface area (Å²) < 4.78 is 5.89. The second kappa shape index (κ2) is 10.4. The molecular weight excluding hydrogens is 516 g/mol. The molecule has 7 heteroatoms. The molecule has 0 atom stereocenters. The van der Waals surface area contributed by atoms with E-state index in [9.17, 15) is 9.59 Å². The number of fused-ring (bicyclic) bond motifs is 1. The molecule has 0 N–H and O–H groups in total. The van der Waals surface area contributed by atoms with E-state index in [-0.39, 0.29) is 11.8 Å². The Hall–Kier alpha value is -4.00. The van der Waals surface area contributed by atoms with Gasteiger partial charge < -0.3 is 9.64 Å². The molecule has 0 spiro atoms. The Bertz CT molecular complexity index is 1540. The summed E-state index contributed by atoms with van der Waals surface area (Å²) in [6.45, 7) is 1.24. The Labute approximate surface area is 230 Å². The van der Waals surface area contributed by atoms with Crippen LogP contribution >= 0.6 is 23.4 Å². The standard InChI is InChI=1S/C31H23ClN2O3S/c32-23-10-16-27(17-11-23)38-29-28(33-19-18-21-6-4-5-7-22(21)20-33)30(35)34(31(29)36)24-12-14-26(15-13-24)37-25-8-2-1-3-9-25/h1-17H,18-20H2. The quantitative estimate of drug-likeness (QED) is 0.246. The maximum absolute atomic E-state index is 13.9. The van der Waals surface area contributed by atoms with E-state index in [1.54, 1.807) is 36.4 Å². The van der Waals surface area contributed by atoms with Gasteiger partial charge in [-0.15, -0.1) is 0 Å².